The van der Waals surface area contributed by atoms with Crippen LogP contribution in [0, 0.1) is 11.6 Å². The fraction of sp³-hybridized carbons (Fsp3) is 0.316. The molecule has 0 saturated heterocycles. The molecule has 0 aliphatic rings. The lowest BCUT2D eigenvalue weighted by Gasteiger charge is -2.19. The first kappa shape index (κ1) is 19.5. The third kappa shape index (κ3) is 4.41. The van der Waals surface area contributed by atoms with E-state index in [9.17, 15) is 13.6 Å². The normalized spacial score (nSPS) is 10.4. The molecule has 0 unspecified atom stereocenters. The van der Waals surface area contributed by atoms with Gasteiger partial charge in [-0.05, 0) is 23.8 Å². The van der Waals surface area contributed by atoms with E-state index >= 15 is 0 Å². The van der Waals surface area contributed by atoms with Crippen LogP contribution < -0.4 is 14.2 Å². The molecule has 26 heavy (non-hydrogen) atoms. The highest BCUT2D eigenvalue weighted by molar-refractivity contribution is 5.79. The van der Waals surface area contributed by atoms with E-state index < -0.39 is 11.6 Å². The van der Waals surface area contributed by atoms with Crippen LogP contribution in [0.15, 0.2) is 30.3 Å². The van der Waals surface area contributed by atoms with E-state index in [2.05, 4.69) is 0 Å². The van der Waals surface area contributed by atoms with Crippen LogP contribution in [0.25, 0.3) is 0 Å². The van der Waals surface area contributed by atoms with Crippen LogP contribution in [-0.2, 0) is 17.8 Å². The number of carbonyl (C=O) groups is 1. The monoisotopic (exact) mass is 365 g/mol. The number of halogens is 2. The van der Waals surface area contributed by atoms with Crippen molar-refractivity contribution in [2.24, 2.45) is 0 Å². The molecular weight excluding hydrogens is 344 g/mol. The Hall–Kier alpha value is -2.83. The molecule has 2 rings (SSSR count). The number of likely N-dealkylation sites (N-methyl/N-ethyl adjacent to an activating group) is 1. The SMILES string of the molecule is COc1cc(CC(=O)N(C)Cc2ccc(F)cc2F)cc(OC)c1OC. The molecule has 140 valence electrons. The van der Waals surface area contributed by atoms with Crippen molar-refractivity contribution in [3.05, 3.63) is 53.1 Å². The molecule has 0 spiro atoms. The Balaban J connectivity index is 2.15. The molecule has 0 radical (unpaired) electrons. The summed E-state index contributed by atoms with van der Waals surface area (Å²) in [7, 11) is 6.04. The van der Waals surface area contributed by atoms with Gasteiger partial charge in [0.1, 0.15) is 11.6 Å². The summed E-state index contributed by atoms with van der Waals surface area (Å²) >= 11 is 0. The molecule has 5 nitrogen and oxygen atoms in total. The van der Waals surface area contributed by atoms with E-state index in [1.165, 1.54) is 32.3 Å². The lowest BCUT2D eigenvalue weighted by Crippen LogP contribution is -2.28. The first-order valence-corrected chi connectivity index (χ1v) is 7.86. The molecule has 0 fully saturated rings. The summed E-state index contributed by atoms with van der Waals surface area (Å²) < 4.78 is 42.5. The molecule has 0 heterocycles. The fourth-order valence-electron chi connectivity index (χ4n) is 2.54. The number of methoxy groups -OCH3 is 3. The molecular formula is C19H21F2NO4. The van der Waals surface area contributed by atoms with E-state index in [0.29, 0.717) is 22.8 Å². The maximum Gasteiger partial charge on any atom is 0.227 e. The van der Waals surface area contributed by atoms with Gasteiger partial charge in [0.2, 0.25) is 11.7 Å². The highest BCUT2D eigenvalue weighted by Crippen LogP contribution is 2.38. The van der Waals surface area contributed by atoms with Gasteiger partial charge in [0.25, 0.3) is 0 Å². The van der Waals surface area contributed by atoms with Crippen molar-refractivity contribution in [3.8, 4) is 17.2 Å². The molecule has 0 aliphatic heterocycles. The Morgan fingerprint density at radius 2 is 1.62 bits per heavy atom. The molecule has 0 bridgehead atoms. The van der Waals surface area contributed by atoms with Crippen LogP contribution in [0.2, 0.25) is 0 Å². The molecule has 0 aliphatic carbocycles. The summed E-state index contributed by atoms with van der Waals surface area (Å²) in [4.78, 5) is 13.8. The zero-order chi connectivity index (χ0) is 19.3. The topological polar surface area (TPSA) is 48.0 Å². The molecule has 2 aromatic rings. The zero-order valence-electron chi connectivity index (χ0n) is 15.1. The summed E-state index contributed by atoms with van der Waals surface area (Å²) in [6, 6.07) is 6.66. The maximum atomic E-state index is 13.8. The van der Waals surface area contributed by atoms with E-state index in [-0.39, 0.29) is 24.4 Å². The Kier molecular flexibility index (Phi) is 6.38. The Labute approximate surface area is 151 Å². The van der Waals surface area contributed by atoms with Gasteiger partial charge in [-0.15, -0.1) is 0 Å². The van der Waals surface area contributed by atoms with Crippen LogP contribution in [0.4, 0.5) is 8.78 Å². The van der Waals surface area contributed by atoms with Crippen molar-refractivity contribution in [1.29, 1.82) is 0 Å². The number of nitrogens with zero attached hydrogens (tertiary/aromatic N) is 1. The average molecular weight is 365 g/mol. The summed E-state index contributed by atoms with van der Waals surface area (Å²) in [5.74, 6) is -0.241. The predicted molar refractivity (Wildman–Crippen MR) is 92.6 cm³/mol. The van der Waals surface area contributed by atoms with Gasteiger partial charge in [-0.3, -0.25) is 4.79 Å². The smallest absolute Gasteiger partial charge is 0.227 e. The number of rotatable bonds is 7. The number of carbonyl (C=O) groups excluding carboxylic acids is 1. The Morgan fingerprint density at radius 3 is 2.12 bits per heavy atom. The molecule has 0 saturated carbocycles. The van der Waals surface area contributed by atoms with Gasteiger partial charge in [0, 0.05) is 25.2 Å². The Morgan fingerprint density at radius 1 is 1.00 bits per heavy atom. The van der Waals surface area contributed by atoms with Gasteiger partial charge in [-0.2, -0.15) is 0 Å². The third-order valence-corrected chi connectivity index (χ3v) is 3.93. The van der Waals surface area contributed by atoms with Crippen LogP contribution in [-0.4, -0.2) is 39.2 Å². The van der Waals surface area contributed by atoms with E-state index in [4.69, 9.17) is 14.2 Å². The number of amides is 1. The zero-order valence-corrected chi connectivity index (χ0v) is 15.1. The van der Waals surface area contributed by atoms with Crippen molar-refractivity contribution in [1.82, 2.24) is 4.90 Å². The molecule has 2 aromatic carbocycles. The van der Waals surface area contributed by atoms with Gasteiger partial charge >= 0.3 is 0 Å². The van der Waals surface area contributed by atoms with Gasteiger partial charge in [-0.1, -0.05) is 6.07 Å². The molecule has 0 aromatic heterocycles. The molecule has 1 amide bonds. The standard InChI is InChI=1S/C19H21F2NO4/c1-22(11-13-5-6-14(20)10-15(13)21)18(23)9-12-7-16(24-2)19(26-4)17(8-12)25-3/h5-8,10H,9,11H2,1-4H3. The first-order chi connectivity index (χ1) is 12.4. The second-order valence-electron chi connectivity index (χ2n) is 5.70. The number of ether oxygens (including phenoxy) is 3. The van der Waals surface area contributed by atoms with Crippen molar-refractivity contribution in [2.75, 3.05) is 28.4 Å². The van der Waals surface area contributed by atoms with Crippen molar-refractivity contribution in [3.63, 3.8) is 0 Å². The Bertz CT molecular complexity index is 770. The predicted octanol–water partition coefficient (Wildman–Crippen LogP) is 3.19. The van der Waals surface area contributed by atoms with Crippen molar-refractivity contribution < 1.29 is 27.8 Å². The minimum atomic E-state index is -0.683. The number of benzene rings is 2. The summed E-state index contributed by atoms with van der Waals surface area (Å²) in [5, 5.41) is 0. The highest BCUT2D eigenvalue weighted by atomic mass is 19.1. The maximum absolute atomic E-state index is 13.8. The largest absolute Gasteiger partial charge is 0.493 e. The molecule has 0 N–H and O–H groups in total. The van der Waals surface area contributed by atoms with E-state index in [1.54, 1.807) is 19.2 Å². The van der Waals surface area contributed by atoms with E-state index in [1.807, 2.05) is 0 Å². The quantitative estimate of drug-likeness (QED) is 0.756. The number of hydrogen-bond donors (Lipinski definition) is 0. The van der Waals surface area contributed by atoms with Gasteiger partial charge in [-0.25, -0.2) is 8.78 Å². The van der Waals surface area contributed by atoms with E-state index in [0.717, 1.165) is 12.1 Å². The summed E-state index contributed by atoms with van der Waals surface area (Å²) in [6.45, 7) is 0.0371. The summed E-state index contributed by atoms with van der Waals surface area (Å²) in [5.41, 5.74) is 0.906. The fourth-order valence-corrected chi connectivity index (χ4v) is 2.54. The van der Waals surface area contributed by atoms with Crippen molar-refractivity contribution >= 4 is 5.91 Å². The van der Waals surface area contributed by atoms with Gasteiger partial charge in [0.05, 0.1) is 27.8 Å². The minimum absolute atomic E-state index is 0.0371. The second-order valence-corrected chi connectivity index (χ2v) is 5.70. The van der Waals surface area contributed by atoms with Crippen LogP contribution >= 0.6 is 0 Å². The number of hydrogen-bond acceptors (Lipinski definition) is 4. The van der Waals surface area contributed by atoms with Crippen molar-refractivity contribution in [2.45, 2.75) is 13.0 Å². The van der Waals surface area contributed by atoms with Crippen LogP contribution in [0.5, 0.6) is 17.2 Å². The van der Waals surface area contributed by atoms with Crippen LogP contribution in [0.1, 0.15) is 11.1 Å². The first-order valence-electron chi connectivity index (χ1n) is 7.86. The highest BCUT2D eigenvalue weighted by Gasteiger charge is 2.17. The molecule has 7 heteroatoms. The van der Waals surface area contributed by atoms with Gasteiger partial charge in [0.15, 0.2) is 11.5 Å². The van der Waals surface area contributed by atoms with Gasteiger partial charge < -0.3 is 19.1 Å². The van der Waals surface area contributed by atoms with Crippen LogP contribution in [0.3, 0.4) is 0 Å². The minimum Gasteiger partial charge on any atom is -0.493 e. The third-order valence-electron chi connectivity index (χ3n) is 3.93. The lowest BCUT2D eigenvalue weighted by atomic mass is 10.1. The second kappa shape index (κ2) is 8.51. The average Bonchev–Trinajstić information content (AvgIpc) is 2.62. The summed E-state index contributed by atoms with van der Waals surface area (Å²) in [6.07, 6.45) is 0.0655. The lowest BCUT2D eigenvalue weighted by molar-refractivity contribution is -0.129. The molecule has 0 atom stereocenters.